The summed E-state index contributed by atoms with van der Waals surface area (Å²) in [5.41, 5.74) is 3.54. The highest BCUT2D eigenvalue weighted by Gasteiger charge is 2.28. The van der Waals surface area contributed by atoms with E-state index in [1.165, 1.54) is 11.3 Å². The molecule has 24 heavy (non-hydrogen) atoms. The number of aryl methyl sites for hydroxylation is 1. The number of nitrogens with zero attached hydrogens (tertiary/aromatic N) is 4. The van der Waals surface area contributed by atoms with Gasteiger partial charge in [0.2, 0.25) is 0 Å². The molecule has 1 N–H and O–H groups in total. The molecule has 1 aliphatic heterocycles. The highest BCUT2D eigenvalue weighted by molar-refractivity contribution is 5.61. The molecule has 0 radical (unpaired) electrons. The molecular weight excluding hydrogens is 300 g/mol. The third-order valence-electron chi connectivity index (χ3n) is 5.29. The Balaban J connectivity index is 1.73. The molecule has 0 bridgehead atoms. The molecule has 2 aromatic heterocycles. The van der Waals surface area contributed by atoms with Gasteiger partial charge in [0.1, 0.15) is 5.82 Å². The number of aliphatic hydroxyl groups excluding tert-OH is 1. The first-order valence-corrected chi connectivity index (χ1v) is 8.95. The number of aliphatic hydroxyl groups is 1. The molecule has 0 aromatic carbocycles. The molecular formula is C19H24N4O. The van der Waals surface area contributed by atoms with Gasteiger partial charge in [0.05, 0.1) is 6.10 Å². The Hall–Kier alpha value is -2.01. The Morgan fingerprint density at radius 2 is 2.00 bits per heavy atom. The summed E-state index contributed by atoms with van der Waals surface area (Å²) in [6.45, 7) is 3.81. The number of anilines is 1. The van der Waals surface area contributed by atoms with Crippen molar-refractivity contribution in [3.05, 3.63) is 35.8 Å². The minimum absolute atomic E-state index is 0.262. The molecule has 126 valence electrons. The van der Waals surface area contributed by atoms with Crippen LogP contribution in [0.1, 0.15) is 37.4 Å². The number of aromatic nitrogens is 3. The number of hydrogen-bond donors (Lipinski definition) is 1. The lowest BCUT2D eigenvalue weighted by Gasteiger charge is -2.36. The lowest BCUT2D eigenvalue weighted by atomic mass is 9.93. The highest BCUT2D eigenvalue weighted by Crippen LogP contribution is 2.33. The maximum atomic E-state index is 10.0. The molecule has 1 saturated heterocycles. The van der Waals surface area contributed by atoms with Gasteiger partial charge in [-0.1, -0.05) is 0 Å². The third kappa shape index (κ3) is 2.88. The summed E-state index contributed by atoms with van der Waals surface area (Å²) in [5, 5.41) is 10.0. The Kier molecular flexibility index (Phi) is 4.19. The molecule has 0 saturated carbocycles. The first kappa shape index (κ1) is 15.5. The zero-order chi connectivity index (χ0) is 16.5. The SMILES string of the molecule is CC(O)C1CCCN(c2nc(-c3ccncc3)nc3c2CCC3)C1. The summed E-state index contributed by atoms with van der Waals surface area (Å²) in [5.74, 6) is 2.22. The van der Waals surface area contributed by atoms with Gasteiger partial charge in [-0.15, -0.1) is 0 Å². The second-order valence-electron chi connectivity index (χ2n) is 6.97. The summed E-state index contributed by atoms with van der Waals surface area (Å²) < 4.78 is 0. The van der Waals surface area contributed by atoms with E-state index in [0.29, 0.717) is 5.92 Å². The topological polar surface area (TPSA) is 62.1 Å². The second-order valence-corrected chi connectivity index (χ2v) is 6.97. The van der Waals surface area contributed by atoms with Gasteiger partial charge in [0, 0.05) is 48.2 Å². The monoisotopic (exact) mass is 324 g/mol. The van der Waals surface area contributed by atoms with Crippen molar-refractivity contribution in [3.8, 4) is 11.4 Å². The highest BCUT2D eigenvalue weighted by atomic mass is 16.3. The predicted molar refractivity (Wildman–Crippen MR) is 93.9 cm³/mol. The Bertz CT molecular complexity index is 717. The van der Waals surface area contributed by atoms with Crippen molar-refractivity contribution < 1.29 is 5.11 Å². The van der Waals surface area contributed by atoms with E-state index in [-0.39, 0.29) is 6.10 Å². The maximum absolute atomic E-state index is 10.0. The zero-order valence-electron chi connectivity index (χ0n) is 14.1. The molecule has 5 nitrogen and oxygen atoms in total. The van der Waals surface area contributed by atoms with E-state index in [2.05, 4.69) is 9.88 Å². The van der Waals surface area contributed by atoms with Crippen LogP contribution in [0.2, 0.25) is 0 Å². The summed E-state index contributed by atoms with van der Waals surface area (Å²) in [4.78, 5) is 16.2. The largest absolute Gasteiger partial charge is 0.393 e. The summed E-state index contributed by atoms with van der Waals surface area (Å²) in [6.07, 6.45) is 8.78. The average Bonchev–Trinajstić information content (AvgIpc) is 3.10. The zero-order valence-corrected chi connectivity index (χ0v) is 14.1. The minimum atomic E-state index is -0.262. The first-order valence-electron chi connectivity index (χ1n) is 8.95. The van der Waals surface area contributed by atoms with Crippen molar-refractivity contribution in [2.45, 2.75) is 45.1 Å². The van der Waals surface area contributed by atoms with Gasteiger partial charge in [-0.3, -0.25) is 4.98 Å². The standard InChI is InChI=1S/C19H24N4O/c1-13(24)15-4-3-11-23(12-15)19-16-5-2-6-17(16)21-18(22-19)14-7-9-20-10-8-14/h7-10,13,15,24H,2-6,11-12H2,1H3. The summed E-state index contributed by atoms with van der Waals surface area (Å²) in [7, 11) is 0. The van der Waals surface area contributed by atoms with Crippen molar-refractivity contribution in [1.29, 1.82) is 0 Å². The van der Waals surface area contributed by atoms with Crippen molar-refractivity contribution in [1.82, 2.24) is 15.0 Å². The van der Waals surface area contributed by atoms with Crippen molar-refractivity contribution in [2.75, 3.05) is 18.0 Å². The van der Waals surface area contributed by atoms with E-state index in [1.807, 2.05) is 19.1 Å². The van der Waals surface area contributed by atoms with E-state index in [9.17, 15) is 5.11 Å². The first-order chi connectivity index (χ1) is 11.7. The normalized spacial score (nSPS) is 21.6. The van der Waals surface area contributed by atoms with E-state index in [1.54, 1.807) is 12.4 Å². The molecule has 0 spiro atoms. The van der Waals surface area contributed by atoms with Gasteiger partial charge < -0.3 is 10.0 Å². The summed E-state index contributed by atoms with van der Waals surface area (Å²) >= 11 is 0. The molecule has 1 fully saturated rings. The fraction of sp³-hybridized carbons (Fsp3) is 0.526. The van der Waals surface area contributed by atoms with E-state index >= 15 is 0 Å². The van der Waals surface area contributed by atoms with Gasteiger partial charge in [-0.2, -0.15) is 0 Å². The average molecular weight is 324 g/mol. The van der Waals surface area contributed by atoms with Gasteiger partial charge >= 0.3 is 0 Å². The molecule has 0 amide bonds. The van der Waals surface area contributed by atoms with Gasteiger partial charge in [-0.25, -0.2) is 9.97 Å². The molecule has 2 aromatic rings. The van der Waals surface area contributed by atoms with Crippen molar-refractivity contribution in [3.63, 3.8) is 0 Å². The quantitative estimate of drug-likeness (QED) is 0.940. The lowest BCUT2D eigenvalue weighted by molar-refractivity contribution is 0.115. The van der Waals surface area contributed by atoms with Crippen LogP contribution in [0, 0.1) is 5.92 Å². The van der Waals surface area contributed by atoms with Crippen LogP contribution in [0.5, 0.6) is 0 Å². The van der Waals surface area contributed by atoms with Gasteiger partial charge in [0.25, 0.3) is 0 Å². The number of rotatable bonds is 3. The molecule has 1 aliphatic carbocycles. The van der Waals surface area contributed by atoms with E-state index in [4.69, 9.17) is 9.97 Å². The fourth-order valence-electron chi connectivity index (χ4n) is 3.90. The van der Waals surface area contributed by atoms with Crippen LogP contribution in [0.3, 0.4) is 0 Å². The van der Waals surface area contributed by atoms with Crippen LogP contribution in [0.25, 0.3) is 11.4 Å². The fourth-order valence-corrected chi connectivity index (χ4v) is 3.90. The smallest absolute Gasteiger partial charge is 0.161 e. The van der Waals surface area contributed by atoms with Gasteiger partial charge in [-0.05, 0) is 51.2 Å². The molecule has 2 aliphatic rings. The number of hydrogen-bond acceptors (Lipinski definition) is 5. The van der Waals surface area contributed by atoms with Crippen LogP contribution < -0.4 is 4.90 Å². The van der Waals surface area contributed by atoms with Crippen LogP contribution in [0.15, 0.2) is 24.5 Å². The number of fused-ring (bicyclic) bond motifs is 1. The maximum Gasteiger partial charge on any atom is 0.161 e. The lowest BCUT2D eigenvalue weighted by Crippen LogP contribution is -2.40. The van der Waals surface area contributed by atoms with Gasteiger partial charge in [0.15, 0.2) is 5.82 Å². The minimum Gasteiger partial charge on any atom is -0.393 e. The molecule has 2 atom stereocenters. The Labute approximate surface area is 142 Å². The second kappa shape index (κ2) is 6.48. The van der Waals surface area contributed by atoms with E-state index < -0.39 is 0 Å². The van der Waals surface area contributed by atoms with Crippen LogP contribution in [0.4, 0.5) is 5.82 Å². The molecule has 4 rings (SSSR count). The Morgan fingerprint density at radius 1 is 1.17 bits per heavy atom. The molecule has 3 heterocycles. The number of piperidine rings is 1. The van der Waals surface area contributed by atoms with Crippen LogP contribution >= 0.6 is 0 Å². The van der Waals surface area contributed by atoms with Crippen molar-refractivity contribution >= 4 is 5.82 Å². The van der Waals surface area contributed by atoms with Crippen LogP contribution in [-0.2, 0) is 12.8 Å². The molecule has 5 heteroatoms. The van der Waals surface area contributed by atoms with E-state index in [0.717, 1.165) is 62.4 Å². The van der Waals surface area contributed by atoms with Crippen LogP contribution in [-0.4, -0.2) is 39.3 Å². The summed E-state index contributed by atoms with van der Waals surface area (Å²) in [6, 6.07) is 3.94. The van der Waals surface area contributed by atoms with Crippen molar-refractivity contribution in [2.24, 2.45) is 5.92 Å². The Morgan fingerprint density at radius 3 is 2.79 bits per heavy atom. The molecule has 2 unspecified atom stereocenters. The third-order valence-corrected chi connectivity index (χ3v) is 5.29. The predicted octanol–water partition coefficient (Wildman–Crippen LogP) is 2.62. The number of pyridine rings is 1.